The molecule has 1 rings (SSSR count). The highest BCUT2D eigenvalue weighted by Gasteiger charge is 2.20. The van der Waals surface area contributed by atoms with E-state index < -0.39 is 22.3 Å². The first-order chi connectivity index (χ1) is 10.9. The lowest BCUT2D eigenvalue weighted by atomic mass is 10.1. The van der Waals surface area contributed by atoms with Gasteiger partial charge in [-0.25, -0.2) is 0 Å². The van der Waals surface area contributed by atoms with E-state index >= 15 is 0 Å². The number of methoxy groups -OCH3 is 2. The number of hydrogen-bond donors (Lipinski definition) is 2. The number of phenols is 1. The summed E-state index contributed by atoms with van der Waals surface area (Å²) in [4.78, 5) is 21.9. The first-order valence-corrected chi connectivity index (χ1v) is 6.38. The molecule has 0 heterocycles. The van der Waals surface area contributed by atoms with Crippen molar-refractivity contribution in [1.29, 1.82) is 5.26 Å². The number of carbonyl (C=O) groups is 1. The third-order valence-corrected chi connectivity index (χ3v) is 2.76. The van der Waals surface area contributed by atoms with Gasteiger partial charge in [0.2, 0.25) is 5.75 Å². The molecular weight excluding hydrogens is 306 g/mol. The normalized spacial score (nSPS) is 10.7. The minimum atomic E-state index is -0.792. The summed E-state index contributed by atoms with van der Waals surface area (Å²) >= 11 is 0. The van der Waals surface area contributed by atoms with Gasteiger partial charge in [0, 0.05) is 19.7 Å². The Hall–Kier alpha value is -3.12. The van der Waals surface area contributed by atoms with Crippen molar-refractivity contribution < 1.29 is 24.3 Å². The molecule has 2 N–H and O–H groups in total. The molecule has 122 valence electrons. The van der Waals surface area contributed by atoms with Gasteiger partial charge in [0.05, 0.1) is 18.6 Å². The summed E-state index contributed by atoms with van der Waals surface area (Å²) in [7, 11) is 2.70. The molecule has 0 aromatic heterocycles. The van der Waals surface area contributed by atoms with E-state index in [1.54, 1.807) is 6.07 Å². The van der Waals surface area contributed by atoms with Gasteiger partial charge in [0.15, 0.2) is 5.75 Å². The summed E-state index contributed by atoms with van der Waals surface area (Å²) in [6.07, 6.45) is 1.16. The van der Waals surface area contributed by atoms with Crippen LogP contribution in [0.5, 0.6) is 11.5 Å². The number of rotatable bonds is 7. The zero-order valence-electron chi connectivity index (χ0n) is 12.5. The summed E-state index contributed by atoms with van der Waals surface area (Å²) < 4.78 is 9.62. The van der Waals surface area contributed by atoms with E-state index in [1.807, 2.05) is 0 Å². The summed E-state index contributed by atoms with van der Waals surface area (Å²) in [6, 6.07) is 4.03. The van der Waals surface area contributed by atoms with Gasteiger partial charge in [-0.15, -0.1) is 0 Å². The summed E-state index contributed by atoms with van der Waals surface area (Å²) in [5.41, 5.74) is -0.666. The Labute approximate surface area is 131 Å². The van der Waals surface area contributed by atoms with Gasteiger partial charge in [-0.2, -0.15) is 5.26 Å². The maximum Gasteiger partial charge on any atom is 0.315 e. The van der Waals surface area contributed by atoms with Gasteiger partial charge in [-0.05, 0) is 17.7 Å². The first kappa shape index (κ1) is 17.9. The molecule has 0 saturated carbocycles. The molecule has 9 heteroatoms. The van der Waals surface area contributed by atoms with Crippen molar-refractivity contribution in [3.63, 3.8) is 0 Å². The number of ether oxygens (including phenoxy) is 2. The number of nitro groups is 1. The molecule has 23 heavy (non-hydrogen) atoms. The van der Waals surface area contributed by atoms with Crippen LogP contribution in [0.4, 0.5) is 5.69 Å². The maximum atomic E-state index is 11.8. The second-order valence-electron chi connectivity index (χ2n) is 4.27. The van der Waals surface area contributed by atoms with E-state index in [4.69, 9.17) is 14.7 Å². The number of nitrogens with one attached hydrogen (secondary N) is 1. The standard InChI is InChI=1S/C14H15N3O6/c1-22-4-3-16-14(19)10(8-15)5-9-6-11(17(20)21)13(18)12(7-9)23-2/h5-7,18H,3-4H2,1-2H3,(H,16,19)/b10-5-. The zero-order valence-corrected chi connectivity index (χ0v) is 12.5. The Kier molecular flexibility index (Phi) is 6.51. The van der Waals surface area contributed by atoms with Crippen LogP contribution in [0.3, 0.4) is 0 Å². The van der Waals surface area contributed by atoms with Gasteiger partial charge >= 0.3 is 5.69 Å². The third kappa shape index (κ3) is 4.69. The van der Waals surface area contributed by atoms with Gasteiger partial charge in [-0.1, -0.05) is 0 Å². The van der Waals surface area contributed by atoms with Crippen LogP contribution in [0.1, 0.15) is 5.56 Å². The summed E-state index contributed by atoms with van der Waals surface area (Å²) in [5, 5.41) is 32.1. The molecule has 0 atom stereocenters. The van der Waals surface area contributed by atoms with E-state index in [-0.39, 0.29) is 30.0 Å². The Morgan fingerprint density at radius 3 is 2.74 bits per heavy atom. The van der Waals surface area contributed by atoms with Crippen LogP contribution in [0, 0.1) is 21.4 Å². The lowest BCUT2D eigenvalue weighted by Gasteiger charge is -2.06. The molecule has 0 spiro atoms. The van der Waals surface area contributed by atoms with Crippen molar-refractivity contribution in [3.05, 3.63) is 33.4 Å². The topological polar surface area (TPSA) is 135 Å². The maximum absolute atomic E-state index is 11.8. The van der Waals surface area contributed by atoms with Crippen LogP contribution in [-0.2, 0) is 9.53 Å². The van der Waals surface area contributed by atoms with Crippen LogP contribution in [0.15, 0.2) is 17.7 Å². The van der Waals surface area contributed by atoms with Gasteiger partial charge < -0.3 is 19.9 Å². The van der Waals surface area contributed by atoms with Crippen molar-refractivity contribution in [1.82, 2.24) is 5.32 Å². The highest BCUT2D eigenvalue weighted by atomic mass is 16.6. The highest BCUT2D eigenvalue weighted by Crippen LogP contribution is 2.37. The van der Waals surface area contributed by atoms with E-state index in [1.165, 1.54) is 20.3 Å². The Balaban J connectivity index is 3.18. The lowest BCUT2D eigenvalue weighted by Crippen LogP contribution is -2.27. The number of hydrogen-bond acceptors (Lipinski definition) is 7. The predicted molar refractivity (Wildman–Crippen MR) is 79.8 cm³/mol. The number of phenolic OH excluding ortho intramolecular Hbond substituents is 1. The smallest absolute Gasteiger partial charge is 0.315 e. The molecule has 1 aromatic rings. The molecule has 1 aromatic carbocycles. The SMILES string of the molecule is COCCNC(=O)/C(C#N)=C\c1cc(OC)c(O)c([N+](=O)[O-])c1. The molecule has 0 saturated heterocycles. The summed E-state index contributed by atoms with van der Waals surface area (Å²) in [5.74, 6) is -1.40. The van der Waals surface area contributed by atoms with E-state index in [0.29, 0.717) is 0 Å². The van der Waals surface area contributed by atoms with E-state index in [9.17, 15) is 20.0 Å². The van der Waals surface area contributed by atoms with Crippen molar-refractivity contribution >= 4 is 17.7 Å². The number of benzene rings is 1. The van der Waals surface area contributed by atoms with Gasteiger partial charge in [0.25, 0.3) is 5.91 Å². The van der Waals surface area contributed by atoms with Crippen molar-refractivity contribution in [2.45, 2.75) is 0 Å². The second kappa shape index (κ2) is 8.35. The van der Waals surface area contributed by atoms with Crippen molar-refractivity contribution in [3.8, 4) is 17.6 Å². The van der Waals surface area contributed by atoms with Gasteiger partial charge in [0.1, 0.15) is 11.6 Å². The summed E-state index contributed by atoms with van der Waals surface area (Å²) in [6.45, 7) is 0.496. The first-order valence-electron chi connectivity index (χ1n) is 6.38. The average molecular weight is 321 g/mol. The van der Waals surface area contributed by atoms with Crippen molar-refractivity contribution in [2.75, 3.05) is 27.4 Å². The highest BCUT2D eigenvalue weighted by molar-refractivity contribution is 6.01. The van der Waals surface area contributed by atoms with Gasteiger partial charge in [-0.3, -0.25) is 14.9 Å². The minimum Gasteiger partial charge on any atom is -0.500 e. The van der Waals surface area contributed by atoms with E-state index in [0.717, 1.165) is 12.1 Å². The third-order valence-electron chi connectivity index (χ3n) is 2.76. The molecule has 9 nitrogen and oxygen atoms in total. The fourth-order valence-corrected chi connectivity index (χ4v) is 1.67. The number of nitrogens with zero attached hydrogens (tertiary/aromatic N) is 2. The number of amides is 1. The number of nitro benzene ring substituents is 1. The quantitative estimate of drug-likeness (QED) is 0.251. The van der Waals surface area contributed by atoms with Crippen molar-refractivity contribution in [2.24, 2.45) is 0 Å². The fraction of sp³-hybridized carbons (Fsp3) is 0.286. The number of nitriles is 1. The molecule has 0 aliphatic rings. The Bertz CT molecular complexity index is 678. The molecule has 0 radical (unpaired) electrons. The average Bonchev–Trinajstić information content (AvgIpc) is 2.53. The second-order valence-corrected chi connectivity index (χ2v) is 4.27. The zero-order chi connectivity index (χ0) is 17.4. The number of carbonyl (C=O) groups excluding carboxylic acids is 1. The molecule has 1 amide bonds. The minimum absolute atomic E-state index is 0.137. The monoisotopic (exact) mass is 321 g/mol. The lowest BCUT2D eigenvalue weighted by molar-refractivity contribution is -0.386. The molecule has 0 unspecified atom stereocenters. The van der Waals surface area contributed by atoms with Crippen LogP contribution >= 0.6 is 0 Å². The molecule has 0 aliphatic heterocycles. The molecular formula is C14H15N3O6. The van der Waals surface area contributed by atoms with Crippen LogP contribution in [-0.4, -0.2) is 43.3 Å². The predicted octanol–water partition coefficient (Wildman–Crippen LogP) is 0.979. The van der Waals surface area contributed by atoms with Crippen LogP contribution in [0.2, 0.25) is 0 Å². The molecule has 0 fully saturated rings. The van der Waals surface area contributed by atoms with Crippen LogP contribution < -0.4 is 10.1 Å². The Morgan fingerprint density at radius 2 is 2.22 bits per heavy atom. The number of aromatic hydroxyl groups is 1. The van der Waals surface area contributed by atoms with E-state index in [2.05, 4.69) is 5.32 Å². The van der Waals surface area contributed by atoms with Crippen LogP contribution in [0.25, 0.3) is 6.08 Å². The Morgan fingerprint density at radius 1 is 1.52 bits per heavy atom. The molecule has 0 aliphatic carbocycles. The fourth-order valence-electron chi connectivity index (χ4n) is 1.67. The largest absolute Gasteiger partial charge is 0.500 e. The molecule has 0 bridgehead atoms.